The van der Waals surface area contributed by atoms with Crippen LogP contribution in [0.15, 0.2) is 41.4 Å². The number of sulfonamides is 1. The number of anilines is 1. The van der Waals surface area contributed by atoms with Crippen molar-refractivity contribution < 1.29 is 13.2 Å². The van der Waals surface area contributed by atoms with Gasteiger partial charge in [-0.05, 0) is 24.3 Å². The molecule has 1 aliphatic heterocycles. The quantitative estimate of drug-likeness (QED) is 0.859. The van der Waals surface area contributed by atoms with Gasteiger partial charge in [-0.3, -0.25) is 0 Å². The average Bonchev–Trinajstić information content (AvgIpc) is 2.61. The minimum Gasteiger partial charge on any atom is -0.378 e. The van der Waals surface area contributed by atoms with Crippen molar-refractivity contribution in [2.75, 3.05) is 31.2 Å². The second-order valence-electron chi connectivity index (χ2n) is 5.23. The molecule has 7 nitrogen and oxygen atoms in total. The standard InChI is InChI=1S/C15H17ClN4O3S/c16-12-2-1-3-14(10-12)24(21,22)18-11-13-4-5-17-15(19-13)20-6-8-23-9-7-20/h1-5,10,18H,6-9,11H2. The van der Waals surface area contributed by atoms with Gasteiger partial charge >= 0.3 is 0 Å². The molecule has 2 heterocycles. The zero-order chi connectivity index (χ0) is 17.0. The average molecular weight is 369 g/mol. The summed E-state index contributed by atoms with van der Waals surface area (Å²) in [7, 11) is -3.65. The van der Waals surface area contributed by atoms with E-state index in [-0.39, 0.29) is 11.4 Å². The van der Waals surface area contributed by atoms with Gasteiger partial charge in [-0.15, -0.1) is 0 Å². The highest BCUT2D eigenvalue weighted by atomic mass is 35.5. The fourth-order valence-corrected chi connectivity index (χ4v) is 3.58. The highest BCUT2D eigenvalue weighted by molar-refractivity contribution is 7.89. The maximum absolute atomic E-state index is 12.3. The van der Waals surface area contributed by atoms with Crippen LogP contribution in [0.5, 0.6) is 0 Å². The van der Waals surface area contributed by atoms with Gasteiger partial charge < -0.3 is 9.64 Å². The van der Waals surface area contributed by atoms with E-state index in [9.17, 15) is 8.42 Å². The summed E-state index contributed by atoms with van der Waals surface area (Å²) in [6.07, 6.45) is 1.63. The predicted molar refractivity (Wildman–Crippen MR) is 90.5 cm³/mol. The number of hydrogen-bond acceptors (Lipinski definition) is 6. The third-order valence-electron chi connectivity index (χ3n) is 3.54. The summed E-state index contributed by atoms with van der Waals surface area (Å²) in [6.45, 7) is 2.79. The lowest BCUT2D eigenvalue weighted by molar-refractivity contribution is 0.122. The first-order chi connectivity index (χ1) is 11.5. The van der Waals surface area contributed by atoms with Crippen LogP contribution in [0.25, 0.3) is 0 Å². The van der Waals surface area contributed by atoms with Crippen molar-refractivity contribution in [2.24, 2.45) is 0 Å². The molecule has 0 spiro atoms. The van der Waals surface area contributed by atoms with E-state index in [4.69, 9.17) is 16.3 Å². The molecule has 0 bridgehead atoms. The highest BCUT2D eigenvalue weighted by Crippen LogP contribution is 2.16. The van der Waals surface area contributed by atoms with E-state index >= 15 is 0 Å². The summed E-state index contributed by atoms with van der Waals surface area (Å²) in [5.74, 6) is 0.581. The Morgan fingerprint density at radius 3 is 2.79 bits per heavy atom. The Balaban J connectivity index is 1.70. The normalized spacial score (nSPS) is 15.5. The first-order valence-electron chi connectivity index (χ1n) is 7.44. The number of benzene rings is 1. The van der Waals surface area contributed by atoms with Crippen LogP contribution < -0.4 is 9.62 Å². The molecule has 1 aliphatic rings. The molecule has 24 heavy (non-hydrogen) atoms. The minimum absolute atomic E-state index is 0.0781. The molecule has 0 atom stereocenters. The smallest absolute Gasteiger partial charge is 0.240 e. The van der Waals surface area contributed by atoms with E-state index in [0.717, 1.165) is 13.1 Å². The molecule has 0 amide bonds. The van der Waals surface area contributed by atoms with Gasteiger partial charge in [0.2, 0.25) is 16.0 Å². The molecule has 1 aromatic carbocycles. The molecule has 3 rings (SSSR count). The fourth-order valence-electron chi connectivity index (χ4n) is 2.29. The molecule has 0 unspecified atom stereocenters. The maximum Gasteiger partial charge on any atom is 0.240 e. The molecule has 1 aromatic heterocycles. The molecule has 1 fully saturated rings. The SMILES string of the molecule is O=S(=O)(NCc1ccnc(N2CCOCC2)n1)c1cccc(Cl)c1. The third kappa shape index (κ3) is 4.21. The summed E-state index contributed by atoms with van der Waals surface area (Å²) in [5.41, 5.74) is 0.595. The number of nitrogens with zero attached hydrogens (tertiary/aromatic N) is 3. The van der Waals surface area contributed by atoms with Gasteiger partial charge in [0.1, 0.15) is 0 Å². The van der Waals surface area contributed by atoms with Crippen molar-refractivity contribution in [3.63, 3.8) is 0 Å². The Kier molecular flexibility index (Phi) is 5.30. The van der Waals surface area contributed by atoms with Crippen molar-refractivity contribution in [2.45, 2.75) is 11.4 Å². The lowest BCUT2D eigenvalue weighted by Crippen LogP contribution is -2.37. The van der Waals surface area contributed by atoms with Crippen LogP contribution in [-0.2, 0) is 21.3 Å². The number of ether oxygens (including phenoxy) is 1. The molecule has 1 saturated heterocycles. The van der Waals surface area contributed by atoms with Crippen LogP contribution in [0.3, 0.4) is 0 Å². The van der Waals surface area contributed by atoms with Crippen LogP contribution in [0, 0.1) is 0 Å². The van der Waals surface area contributed by atoms with Crippen molar-refractivity contribution >= 4 is 27.6 Å². The van der Waals surface area contributed by atoms with Crippen LogP contribution in [0.2, 0.25) is 5.02 Å². The number of hydrogen-bond donors (Lipinski definition) is 1. The Hall–Kier alpha value is -1.74. The van der Waals surface area contributed by atoms with Gasteiger partial charge in [-0.25, -0.2) is 23.1 Å². The Morgan fingerprint density at radius 1 is 1.25 bits per heavy atom. The molecule has 0 radical (unpaired) electrons. The van der Waals surface area contributed by atoms with Gasteiger partial charge in [0.15, 0.2) is 0 Å². The highest BCUT2D eigenvalue weighted by Gasteiger charge is 2.16. The Morgan fingerprint density at radius 2 is 2.04 bits per heavy atom. The monoisotopic (exact) mass is 368 g/mol. The van der Waals surface area contributed by atoms with Crippen molar-refractivity contribution in [3.05, 3.63) is 47.2 Å². The summed E-state index contributed by atoms with van der Waals surface area (Å²) in [6, 6.07) is 7.80. The molecule has 0 aliphatic carbocycles. The Bertz CT molecular complexity index is 810. The predicted octanol–water partition coefficient (Wildman–Crippen LogP) is 1.45. The number of aromatic nitrogens is 2. The number of halogens is 1. The largest absolute Gasteiger partial charge is 0.378 e. The van der Waals surface area contributed by atoms with Crippen molar-refractivity contribution in [1.29, 1.82) is 0 Å². The maximum atomic E-state index is 12.3. The lowest BCUT2D eigenvalue weighted by atomic mass is 10.4. The molecule has 1 N–H and O–H groups in total. The first kappa shape index (κ1) is 17.1. The van der Waals surface area contributed by atoms with Gasteiger partial charge in [0, 0.05) is 24.3 Å². The first-order valence-corrected chi connectivity index (χ1v) is 9.30. The topological polar surface area (TPSA) is 84.4 Å². The van der Waals surface area contributed by atoms with Crippen molar-refractivity contribution in [3.8, 4) is 0 Å². The summed E-state index contributed by atoms with van der Waals surface area (Å²) >= 11 is 5.85. The van der Waals surface area contributed by atoms with Crippen LogP contribution in [-0.4, -0.2) is 44.7 Å². The van der Waals surface area contributed by atoms with Crippen LogP contribution in [0.1, 0.15) is 5.69 Å². The number of morpholine rings is 1. The van der Waals surface area contributed by atoms with Crippen molar-refractivity contribution in [1.82, 2.24) is 14.7 Å². The van der Waals surface area contributed by atoms with E-state index in [1.807, 2.05) is 4.90 Å². The second kappa shape index (κ2) is 7.43. The molecule has 2 aromatic rings. The van der Waals surface area contributed by atoms with Gasteiger partial charge in [-0.2, -0.15) is 0 Å². The fraction of sp³-hybridized carbons (Fsp3) is 0.333. The lowest BCUT2D eigenvalue weighted by Gasteiger charge is -2.26. The molecule has 9 heteroatoms. The second-order valence-corrected chi connectivity index (χ2v) is 7.43. The third-order valence-corrected chi connectivity index (χ3v) is 5.18. The van der Waals surface area contributed by atoms with Gasteiger partial charge in [-0.1, -0.05) is 17.7 Å². The van der Waals surface area contributed by atoms with Gasteiger partial charge in [0.05, 0.1) is 30.3 Å². The van der Waals surface area contributed by atoms with E-state index in [1.54, 1.807) is 24.4 Å². The zero-order valence-corrected chi connectivity index (χ0v) is 14.4. The van der Waals surface area contributed by atoms with E-state index in [0.29, 0.717) is 29.9 Å². The van der Waals surface area contributed by atoms with Crippen LogP contribution in [0.4, 0.5) is 5.95 Å². The number of rotatable bonds is 5. The Labute approximate surface area is 145 Å². The summed E-state index contributed by atoms with van der Waals surface area (Å²) in [4.78, 5) is 10.8. The minimum atomic E-state index is -3.65. The summed E-state index contributed by atoms with van der Waals surface area (Å²) in [5, 5.41) is 0.370. The van der Waals surface area contributed by atoms with Crippen LogP contribution >= 0.6 is 11.6 Å². The van der Waals surface area contributed by atoms with Gasteiger partial charge in [0.25, 0.3) is 0 Å². The molecular weight excluding hydrogens is 352 g/mol. The van der Waals surface area contributed by atoms with E-state index in [1.165, 1.54) is 12.1 Å². The molecule has 128 valence electrons. The van der Waals surface area contributed by atoms with E-state index < -0.39 is 10.0 Å². The zero-order valence-electron chi connectivity index (χ0n) is 12.9. The summed E-state index contributed by atoms with van der Waals surface area (Å²) < 4.78 is 32.4. The van der Waals surface area contributed by atoms with E-state index in [2.05, 4.69) is 14.7 Å². The number of nitrogens with one attached hydrogen (secondary N) is 1. The molecular formula is C15H17ClN4O3S. The molecule has 0 saturated carbocycles.